The predicted molar refractivity (Wildman–Crippen MR) is 122 cm³/mol. The third-order valence-corrected chi connectivity index (χ3v) is 5.52. The van der Waals surface area contributed by atoms with Crippen molar-refractivity contribution in [1.82, 2.24) is 24.6 Å². The van der Waals surface area contributed by atoms with Crippen molar-refractivity contribution >= 4 is 29.1 Å². The highest BCUT2D eigenvalue weighted by Gasteiger charge is 2.16. The fraction of sp³-hybridized carbons (Fsp3) is 0.318. The Balaban J connectivity index is 1.67. The Hall–Kier alpha value is -3.04. The van der Waals surface area contributed by atoms with Gasteiger partial charge in [0.1, 0.15) is 0 Å². The highest BCUT2D eigenvalue weighted by molar-refractivity contribution is 7.99. The molecule has 0 saturated carbocycles. The third-order valence-electron chi connectivity index (χ3n) is 4.55. The second-order valence-electron chi connectivity index (χ2n) is 7.32. The van der Waals surface area contributed by atoms with Gasteiger partial charge < -0.3 is 14.8 Å². The first kappa shape index (κ1) is 22.6. The Kier molecular flexibility index (Phi) is 7.91. The molecule has 0 spiro atoms. The molecule has 3 rings (SSSR count). The summed E-state index contributed by atoms with van der Waals surface area (Å²) in [6, 6.07) is 10.7. The van der Waals surface area contributed by atoms with Crippen LogP contribution in [-0.2, 0) is 11.3 Å². The summed E-state index contributed by atoms with van der Waals surface area (Å²) in [6.45, 7) is 3.20. The molecule has 0 saturated heterocycles. The zero-order valence-corrected chi connectivity index (χ0v) is 18.7. The van der Waals surface area contributed by atoms with E-state index in [4.69, 9.17) is 0 Å². The largest absolute Gasteiger partial charge is 0.325 e. The number of Topliss-reactive ketones (excluding diaryl/α,β-unsaturated/α-hetero) is 1. The summed E-state index contributed by atoms with van der Waals surface area (Å²) in [5.41, 5.74) is 2.21. The maximum Gasteiger partial charge on any atom is 0.234 e. The van der Waals surface area contributed by atoms with Gasteiger partial charge in [-0.2, -0.15) is 0 Å². The highest BCUT2D eigenvalue weighted by atomic mass is 32.2. The smallest absolute Gasteiger partial charge is 0.234 e. The SMILES string of the molecule is CC(=O)c1ccc(NC(=O)CSc2nnc(-c3ccncc3)n2CCCN(C)C)cc1. The van der Waals surface area contributed by atoms with Gasteiger partial charge in [0.05, 0.1) is 5.75 Å². The van der Waals surface area contributed by atoms with Crippen LogP contribution in [-0.4, -0.2) is 62.7 Å². The van der Waals surface area contributed by atoms with Gasteiger partial charge in [0.25, 0.3) is 0 Å². The summed E-state index contributed by atoms with van der Waals surface area (Å²) >= 11 is 1.35. The zero-order chi connectivity index (χ0) is 22.2. The van der Waals surface area contributed by atoms with Gasteiger partial charge in [-0.3, -0.25) is 14.6 Å². The molecule has 0 atom stereocenters. The summed E-state index contributed by atoms with van der Waals surface area (Å²) in [6.07, 6.45) is 4.39. The molecule has 0 bridgehead atoms. The fourth-order valence-electron chi connectivity index (χ4n) is 2.97. The van der Waals surface area contributed by atoms with E-state index in [1.165, 1.54) is 18.7 Å². The molecule has 0 unspecified atom stereocenters. The minimum atomic E-state index is -0.145. The Morgan fingerprint density at radius 1 is 1.06 bits per heavy atom. The van der Waals surface area contributed by atoms with Crippen LogP contribution in [0.5, 0.6) is 0 Å². The third kappa shape index (κ3) is 6.47. The number of hydrogen-bond donors (Lipinski definition) is 1. The number of benzene rings is 1. The molecule has 0 fully saturated rings. The maximum absolute atomic E-state index is 12.4. The first-order chi connectivity index (χ1) is 14.9. The molecule has 162 valence electrons. The van der Waals surface area contributed by atoms with Gasteiger partial charge in [-0.1, -0.05) is 11.8 Å². The van der Waals surface area contributed by atoms with E-state index < -0.39 is 0 Å². The summed E-state index contributed by atoms with van der Waals surface area (Å²) < 4.78 is 2.05. The van der Waals surface area contributed by atoms with E-state index in [-0.39, 0.29) is 17.4 Å². The van der Waals surface area contributed by atoms with Gasteiger partial charge in [0.15, 0.2) is 16.8 Å². The Morgan fingerprint density at radius 3 is 2.42 bits per heavy atom. The zero-order valence-electron chi connectivity index (χ0n) is 17.9. The second-order valence-corrected chi connectivity index (χ2v) is 8.26. The minimum absolute atomic E-state index is 0.00737. The van der Waals surface area contributed by atoms with Crippen LogP contribution in [0.15, 0.2) is 53.9 Å². The number of anilines is 1. The molecular weight excluding hydrogens is 412 g/mol. The number of carbonyl (C=O) groups is 2. The molecule has 2 heterocycles. The van der Waals surface area contributed by atoms with E-state index in [0.717, 1.165) is 30.9 Å². The number of aromatic nitrogens is 4. The normalized spacial score (nSPS) is 11.0. The van der Waals surface area contributed by atoms with Crippen LogP contribution in [0.4, 0.5) is 5.69 Å². The van der Waals surface area contributed by atoms with Gasteiger partial charge >= 0.3 is 0 Å². The Labute approximate surface area is 186 Å². The molecule has 1 amide bonds. The van der Waals surface area contributed by atoms with Crippen LogP contribution in [0.2, 0.25) is 0 Å². The lowest BCUT2D eigenvalue weighted by atomic mass is 10.1. The standard InChI is InChI=1S/C22H26N6O2S/c1-16(29)17-5-7-19(8-6-17)24-20(30)15-31-22-26-25-21(18-9-11-23-12-10-18)28(22)14-4-13-27(2)3/h5-12H,4,13-15H2,1-3H3,(H,24,30). The first-order valence-electron chi connectivity index (χ1n) is 9.96. The van der Waals surface area contributed by atoms with Crippen LogP contribution in [0.25, 0.3) is 11.4 Å². The number of pyridine rings is 1. The van der Waals surface area contributed by atoms with Crippen LogP contribution < -0.4 is 5.32 Å². The molecule has 9 heteroatoms. The van der Waals surface area contributed by atoms with Crippen LogP contribution in [0.3, 0.4) is 0 Å². The van der Waals surface area contributed by atoms with Crippen molar-refractivity contribution in [2.75, 3.05) is 31.7 Å². The quantitative estimate of drug-likeness (QED) is 0.384. The molecule has 8 nitrogen and oxygen atoms in total. The van der Waals surface area contributed by atoms with Crippen molar-refractivity contribution in [1.29, 1.82) is 0 Å². The molecule has 2 aromatic heterocycles. The molecule has 0 aliphatic rings. The predicted octanol–water partition coefficient (Wildman–Crippen LogP) is 3.23. The van der Waals surface area contributed by atoms with Crippen molar-refractivity contribution in [2.45, 2.75) is 25.0 Å². The molecule has 1 aromatic carbocycles. The highest BCUT2D eigenvalue weighted by Crippen LogP contribution is 2.24. The van der Waals surface area contributed by atoms with Gasteiger partial charge in [-0.05, 0) is 70.4 Å². The number of thioether (sulfide) groups is 1. The Bertz CT molecular complexity index is 1020. The van der Waals surface area contributed by atoms with Crippen LogP contribution >= 0.6 is 11.8 Å². The average Bonchev–Trinajstić information content (AvgIpc) is 3.16. The first-order valence-corrected chi connectivity index (χ1v) is 10.9. The number of nitrogens with zero attached hydrogens (tertiary/aromatic N) is 5. The molecule has 1 N–H and O–H groups in total. The average molecular weight is 439 g/mol. The lowest BCUT2D eigenvalue weighted by Gasteiger charge is -2.13. The van der Waals surface area contributed by atoms with Gasteiger partial charge in [-0.15, -0.1) is 10.2 Å². The van der Waals surface area contributed by atoms with E-state index in [2.05, 4.69) is 30.0 Å². The van der Waals surface area contributed by atoms with Crippen LogP contribution in [0.1, 0.15) is 23.7 Å². The number of rotatable bonds is 10. The van der Waals surface area contributed by atoms with E-state index in [9.17, 15) is 9.59 Å². The van der Waals surface area contributed by atoms with E-state index >= 15 is 0 Å². The van der Waals surface area contributed by atoms with Gasteiger partial charge in [0.2, 0.25) is 5.91 Å². The van der Waals surface area contributed by atoms with Gasteiger partial charge in [0, 0.05) is 35.8 Å². The monoisotopic (exact) mass is 438 g/mol. The van der Waals surface area contributed by atoms with Crippen molar-refractivity contribution in [3.05, 3.63) is 54.4 Å². The number of hydrogen-bond acceptors (Lipinski definition) is 7. The summed E-state index contributed by atoms with van der Waals surface area (Å²) in [7, 11) is 4.08. The summed E-state index contributed by atoms with van der Waals surface area (Å²) in [5, 5.41) is 12.2. The molecule has 0 radical (unpaired) electrons. The summed E-state index contributed by atoms with van der Waals surface area (Å²) in [4.78, 5) is 30.0. The Morgan fingerprint density at radius 2 is 1.77 bits per heavy atom. The van der Waals surface area contributed by atoms with Crippen molar-refractivity contribution in [2.24, 2.45) is 0 Å². The second kappa shape index (κ2) is 10.8. The lowest BCUT2D eigenvalue weighted by molar-refractivity contribution is -0.113. The minimum Gasteiger partial charge on any atom is -0.325 e. The van der Waals surface area contributed by atoms with Crippen molar-refractivity contribution < 1.29 is 9.59 Å². The van der Waals surface area contributed by atoms with Crippen molar-refractivity contribution in [3.63, 3.8) is 0 Å². The number of amides is 1. The number of carbonyl (C=O) groups excluding carboxylic acids is 2. The number of ketones is 1. The molecule has 3 aromatic rings. The van der Waals surface area contributed by atoms with E-state index in [1.54, 1.807) is 36.7 Å². The topological polar surface area (TPSA) is 93.0 Å². The summed E-state index contributed by atoms with van der Waals surface area (Å²) in [5.74, 6) is 0.821. The van der Waals surface area contributed by atoms with Crippen LogP contribution in [0, 0.1) is 0 Å². The van der Waals surface area contributed by atoms with E-state index in [1.807, 2.05) is 26.2 Å². The molecule has 0 aliphatic heterocycles. The number of nitrogens with one attached hydrogen (secondary N) is 1. The fourth-order valence-corrected chi connectivity index (χ4v) is 3.74. The molecule has 0 aliphatic carbocycles. The molecular formula is C22H26N6O2S. The van der Waals surface area contributed by atoms with Crippen molar-refractivity contribution in [3.8, 4) is 11.4 Å². The molecule has 31 heavy (non-hydrogen) atoms. The van der Waals surface area contributed by atoms with Gasteiger partial charge in [-0.25, -0.2) is 0 Å². The lowest BCUT2D eigenvalue weighted by Crippen LogP contribution is -2.17. The maximum atomic E-state index is 12.4. The van der Waals surface area contributed by atoms with E-state index in [0.29, 0.717) is 16.4 Å².